The van der Waals surface area contributed by atoms with Crippen LogP contribution in [0.5, 0.6) is 17.5 Å². The number of carbonyl (C=O) groups excluding carboxylic acids is 2. The van der Waals surface area contributed by atoms with E-state index in [-0.39, 0.29) is 29.3 Å². The molecule has 0 aliphatic carbocycles. The number of hydrogen-bond acceptors (Lipinski definition) is 5. The van der Waals surface area contributed by atoms with Gasteiger partial charge < -0.3 is 14.9 Å². The number of aromatic hydroxyl groups is 2. The smallest absolute Gasteiger partial charge is 0.304 e. The maximum atomic E-state index is 12.4. The van der Waals surface area contributed by atoms with Gasteiger partial charge in [0.2, 0.25) is 11.8 Å². The molecule has 2 aromatic carbocycles. The third-order valence-corrected chi connectivity index (χ3v) is 5.02. The lowest BCUT2D eigenvalue weighted by Gasteiger charge is -2.14. The molecule has 3 rings (SSSR count). The fourth-order valence-corrected chi connectivity index (χ4v) is 3.08. The molecule has 0 aliphatic heterocycles. The Morgan fingerprint density at radius 1 is 1.13 bits per heavy atom. The summed E-state index contributed by atoms with van der Waals surface area (Å²) in [5, 5.41) is 28.1. The SMILES string of the molecule is C=CCn1c(O)c2ccc(C(=O)N=NC(=O)[C@@H](C)Oc3cccc(C)c3C)cc2c1O. The standard InChI is InChI=1S/C23H23N3O5/c1-5-11-26-22(29)17-10-9-16(12-18(17)23(26)30)21(28)25-24-20(27)15(4)31-19-8-6-7-13(2)14(19)3/h5-10,12,15,29-30H,1,11H2,2-4H3/t15-/m1/s1. The first kappa shape index (κ1) is 21.8. The van der Waals surface area contributed by atoms with Gasteiger partial charge in [0, 0.05) is 22.9 Å². The van der Waals surface area contributed by atoms with Gasteiger partial charge in [-0.15, -0.1) is 16.8 Å². The highest BCUT2D eigenvalue weighted by Crippen LogP contribution is 2.36. The fraction of sp³-hybridized carbons (Fsp3) is 0.217. The van der Waals surface area contributed by atoms with Gasteiger partial charge in [0.1, 0.15) is 5.75 Å². The number of aryl methyl sites for hydroxylation is 1. The Hall–Kier alpha value is -3.94. The number of azo groups is 1. The van der Waals surface area contributed by atoms with E-state index in [1.807, 2.05) is 26.0 Å². The number of aromatic nitrogens is 1. The molecule has 2 amide bonds. The van der Waals surface area contributed by atoms with Crippen molar-refractivity contribution in [2.24, 2.45) is 10.2 Å². The van der Waals surface area contributed by atoms with E-state index in [1.165, 1.54) is 35.8 Å². The molecule has 0 unspecified atom stereocenters. The zero-order chi connectivity index (χ0) is 22.7. The van der Waals surface area contributed by atoms with Crippen molar-refractivity contribution < 1.29 is 24.5 Å². The highest BCUT2D eigenvalue weighted by Gasteiger charge is 2.19. The van der Waals surface area contributed by atoms with Gasteiger partial charge in [0.15, 0.2) is 6.10 Å². The topological polar surface area (TPSA) is 113 Å². The Kier molecular flexibility index (Phi) is 6.20. The van der Waals surface area contributed by atoms with Crippen LogP contribution in [0.3, 0.4) is 0 Å². The monoisotopic (exact) mass is 421 g/mol. The molecule has 0 radical (unpaired) electrons. The maximum absolute atomic E-state index is 12.4. The molecule has 0 fully saturated rings. The van der Waals surface area contributed by atoms with Gasteiger partial charge in [-0.2, -0.15) is 0 Å². The molecule has 0 saturated heterocycles. The Morgan fingerprint density at radius 2 is 1.84 bits per heavy atom. The normalized spacial score (nSPS) is 12.2. The lowest BCUT2D eigenvalue weighted by atomic mass is 10.1. The van der Waals surface area contributed by atoms with Crippen LogP contribution in [0.4, 0.5) is 0 Å². The lowest BCUT2D eigenvalue weighted by molar-refractivity contribution is -0.124. The van der Waals surface area contributed by atoms with Crippen molar-refractivity contribution in [1.82, 2.24) is 4.57 Å². The van der Waals surface area contributed by atoms with Crippen LogP contribution >= 0.6 is 0 Å². The molecule has 2 N–H and O–H groups in total. The van der Waals surface area contributed by atoms with Crippen LogP contribution in [0.25, 0.3) is 10.8 Å². The van der Waals surface area contributed by atoms with E-state index >= 15 is 0 Å². The van der Waals surface area contributed by atoms with Gasteiger partial charge in [-0.3, -0.25) is 14.2 Å². The minimum absolute atomic E-state index is 0.109. The minimum atomic E-state index is -0.923. The molecule has 1 atom stereocenters. The average Bonchev–Trinajstić information content (AvgIpc) is 2.99. The zero-order valence-corrected chi connectivity index (χ0v) is 17.5. The summed E-state index contributed by atoms with van der Waals surface area (Å²) in [6.45, 7) is 9.13. The largest absolute Gasteiger partial charge is 0.494 e. The molecule has 0 spiro atoms. The van der Waals surface area contributed by atoms with Crippen molar-refractivity contribution in [1.29, 1.82) is 0 Å². The summed E-state index contributed by atoms with van der Waals surface area (Å²) < 4.78 is 6.91. The van der Waals surface area contributed by atoms with Crippen LogP contribution in [-0.2, 0) is 11.3 Å². The average molecular weight is 421 g/mol. The van der Waals surface area contributed by atoms with Crippen LogP contribution in [0.2, 0.25) is 0 Å². The third-order valence-electron chi connectivity index (χ3n) is 5.02. The molecule has 0 saturated carbocycles. The summed E-state index contributed by atoms with van der Waals surface area (Å²) in [5.41, 5.74) is 2.05. The molecular weight excluding hydrogens is 398 g/mol. The van der Waals surface area contributed by atoms with E-state index in [0.717, 1.165) is 11.1 Å². The molecule has 3 aromatic rings. The maximum Gasteiger partial charge on any atom is 0.304 e. The summed E-state index contributed by atoms with van der Waals surface area (Å²) in [5.74, 6) is -1.24. The van der Waals surface area contributed by atoms with Crippen molar-refractivity contribution in [2.45, 2.75) is 33.4 Å². The molecule has 0 aliphatic rings. The molecule has 160 valence electrons. The van der Waals surface area contributed by atoms with Crippen LogP contribution < -0.4 is 4.74 Å². The number of rotatable bonds is 6. The number of amides is 2. The lowest BCUT2D eigenvalue weighted by Crippen LogP contribution is -2.22. The molecular formula is C23H23N3O5. The first-order valence-electron chi connectivity index (χ1n) is 9.62. The summed E-state index contributed by atoms with van der Waals surface area (Å²) in [6, 6.07) is 9.82. The van der Waals surface area contributed by atoms with Gasteiger partial charge in [0.25, 0.3) is 5.91 Å². The van der Waals surface area contributed by atoms with E-state index in [9.17, 15) is 19.8 Å². The summed E-state index contributed by atoms with van der Waals surface area (Å²) in [7, 11) is 0. The van der Waals surface area contributed by atoms with Crippen molar-refractivity contribution in [3.05, 3.63) is 65.7 Å². The molecule has 8 heteroatoms. The summed E-state index contributed by atoms with van der Waals surface area (Å²) >= 11 is 0. The Labute approximate surface area is 179 Å². The Balaban J connectivity index is 1.76. The van der Waals surface area contributed by atoms with Gasteiger partial charge in [-0.25, -0.2) is 0 Å². The predicted molar refractivity (Wildman–Crippen MR) is 116 cm³/mol. The van der Waals surface area contributed by atoms with Crippen LogP contribution in [-0.4, -0.2) is 32.7 Å². The molecule has 31 heavy (non-hydrogen) atoms. The summed E-state index contributed by atoms with van der Waals surface area (Å²) in [4.78, 5) is 24.6. The van der Waals surface area contributed by atoms with Crippen molar-refractivity contribution in [3.8, 4) is 17.5 Å². The molecule has 1 heterocycles. The highest BCUT2D eigenvalue weighted by molar-refractivity contribution is 6.02. The van der Waals surface area contributed by atoms with Gasteiger partial charge in [0.05, 0.1) is 0 Å². The number of ether oxygens (including phenoxy) is 1. The van der Waals surface area contributed by atoms with E-state index < -0.39 is 17.9 Å². The second kappa shape index (κ2) is 8.83. The number of fused-ring (bicyclic) bond motifs is 1. The van der Waals surface area contributed by atoms with Gasteiger partial charge in [-0.1, -0.05) is 18.2 Å². The number of allylic oxidation sites excluding steroid dienone is 1. The first-order valence-corrected chi connectivity index (χ1v) is 9.62. The predicted octanol–water partition coefficient (Wildman–Crippen LogP) is 4.44. The van der Waals surface area contributed by atoms with Crippen molar-refractivity contribution in [3.63, 3.8) is 0 Å². The minimum Gasteiger partial charge on any atom is -0.494 e. The van der Waals surface area contributed by atoms with Crippen molar-refractivity contribution >= 4 is 22.6 Å². The highest BCUT2D eigenvalue weighted by atomic mass is 16.5. The quantitative estimate of drug-likeness (QED) is 0.451. The number of carbonyl (C=O) groups is 2. The van der Waals surface area contributed by atoms with E-state index in [4.69, 9.17) is 4.74 Å². The molecule has 8 nitrogen and oxygen atoms in total. The van der Waals surface area contributed by atoms with Gasteiger partial charge in [-0.05, 0) is 56.2 Å². The first-order chi connectivity index (χ1) is 14.7. The van der Waals surface area contributed by atoms with Crippen LogP contribution in [0, 0.1) is 13.8 Å². The summed E-state index contributed by atoms with van der Waals surface area (Å²) in [6.07, 6.45) is 0.597. The van der Waals surface area contributed by atoms with E-state index in [0.29, 0.717) is 11.1 Å². The second-order valence-electron chi connectivity index (χ2n) is 7.11. The van der Waals surface area contributed by atoms with E-state index in [2.05, 4.69) is 16.8 Å². The van der Waals surface area contributed by atoms with E-state index in [1.54, 1.807) is 6.07 Å². The third kappa shape index (κ3) is 4.32. The zero-order valence-electron chi connectivity index (χ0n) is 17.5. The number of hydrogen-bond donors (Lipinski definition) is 2. The van der Waals surface area contributed by atoms with Crippen LogP contribution in [0.15, 0.2) is 59.3 Å². The number of benzene rings is 2. The van der Waals surface area contributed by atoms with Crippen LogP contribution in [0.1, 0.15) is 28.4 Å². The molecule has 1 aromatic heterocycles. The van der Waals surface area contributed by atoms with Crippen molar-refractivity contribution in [2.75, 3.05) is 0 Å². The molecule has 0 bridgehead atoms. The second-order valence-corrected chi connectivity index (χ2v) is 7.11. The van der Waals surface area contributed by atoms with Gasteiger partial charge >= 0.3 is 5.91 Å². The number of nitrogens with zero attached hydrogens (tertiary/aromatic N) is 3. The fourth-order valence-electron chi connectivity index (χ4n) is 3.08. The Bertz CT molecular complexity index is 1210. The Morgan fingerprint density at radius 3 is 2.55 bits per heavy atom.